The zero-order valence-corrected chi connectivity index (χ0v) is 7.55. The fourth-order valence-electron chi connectivity index (χ4n) is 0.899. The number of phenols is 1. The molecule has 1 amide bonds. The van der Waals surface area contributed by atoms with E-state index in [1.54, 1.807) is 0 Å². The smallest absolute Gasteiger partial charge is 0.229 e. The molecule has 1 aromatic carbocycles. The summed E-state index contributed by atoms with van der Waals surface area (Å²) < 4.78 is 26.0. The Morgan fingerprint density at radius 1 is 1.40 bits per heavy atom. The predicted molar refractivity (Wildman–Crippen MR) is 48.7 cm³/mol. The van der Waals surface area contributed by atoms with Crippen LogP contribution in [0.1, 0.15) is 12.0 Å². The summed E-state index contributed by atoms with van der Waals surface area (Å²) in [6.45, 7) is 0. The van der Waals surface area contributed by atoms with Gasteiger partial charge in [-0.1, -0.05) is 11.8 Å². The summed E-state index contributed by atoms with van der Waals surface area (Å²) in [5, 5.41) is 8.83. The fourth-order valence-corrected chi connectivity index (χ4v) is 0.899. The summed E-state index contributed by atoms with van der Waals surface area (Å²) in [5.41, 5.74) is 4.30. The van der Waals surface area contributed by atoms with Gasteiger partial charge in [-0.3, -0.25) is 4.79 Å². The zero-order chi connectivity index (χ0) is 11.4. The Balaban J connectivity index is 3.03. The van der Waals surface area contributed by atoms with E-state index >= 15 is 0 Å². The van der Waals surface area contributed by atoms with Crippen molar-refractivity contribution >= 4 is 5.91 Å². The van der Waals surface area contributed by atoms with Crippen LogP contribution in [-0.4, -0.2) is 11.0 Å². The molecule has 1 rings (SSSR count). The molecule has 0 spiro atoms. The lowest BCUT2D eigenvalue weighted by Gasteiger charge is -1.97. The van der Waals surface area contributed by atoms with Crippen molar-refractivity contribution in [3.8, 4) is 17.6 Å². The van der Waals surface area contributed by atoms with E-state index in [0.717, 1.165) is 12.1 Å². The van der Waals surface area contributed by atoms with Gasteiger partial charge in [0, 0.05) is 12.1 Å². The van der Waals surface area contributed by atoms with E-state index < -0.39 is 28.9 Å². The number of amides is 1. The van der Waals surface area contributed by atoms with E-state index in [4.69, 9.17) is 10.8 Å². The Morgan fingerprint density at radius 2 is 1.93 bits per heavy atom. The fraction of sp³-hybridized carbons (Fsp3) is 0.100. The Hall–Kier alpha value is -2.09. The lowest BCUT2D eigenvalue weighted by molar-refractivity contribution is -0.117. The molecule has 3 N–H and O–H groups in total. The van der Waals surface area contributed by atoms with Gasteiger partial charge < -0.3 is 10.8 Å². The number of hydrogen-bond donors (Lipinski definition) is 2. The van der Waals surface area contributed by atoms with Crippen molar-refractivity contribution in [1.82, 2.24) is 0 Å². The number of halogens is 2. The van der Waals surface area contributed by atoms with Crippen LogP contribution >= 0.6 is 0 Å². The van der Waals surface area contributed by atoms with Crippen LogP contribution < -0.4 is 5.73 Å². The van der Waals surface area contributed by atoms with Gasteiger partial charge in [0.15, 0.2) is 0 Å². The van der Waals surface area contributed by atoms with Crippen LogP contribution in [0.2, 0.25) is 0 Å². The SMILES string of the molecule is NC(=O)CC#Cc1c(F)cc(O)cc1F. The molecule has 0 fully saturated rings. The topological polar surface area (TPSA) is 63.3 Å². The van der Waals surface area contributed by atoms with Gasteiger partial charge in [-0.05, 0) is 0 Å². The number of rotatable bonds is 1. The number of benzene rings is 1. The molecule has 0 heterocycles. The monoisotopic (exact) mass is 211 g/mol. The molecule has 0 saturated carbocycles. The number of nitrogens with two attached hydrogens (primary N) is 1. The van der Waals surface area contributed by atoms with Crippen molar-refractivity contribution in [3.63, 3.8) is 0 Å². The lowest BCUT2D eigenvalue weighted by atomic mass is 10.2. The second-order valence-electron chi connectivity index (χ2n) is 2.73. The number of aromatic hydroxyl groups is 1. The number of carbonyl (C=O) groups excluding carboxylic acids is 1. The quantitative estimate of drug-likeness (QED) is 0.678. The molecule has 78 valence electrons. The first-order valence-electron chi connectivity index (χ1n) is 3.96. The van der Waals surface area contributed by atoms with E-state index in [-0.39, 0.29) is 6.42 Å². The van der Waals surface area contributed by atoms with E-state index in [1.807, 2.05) is 0 Å². The van der Waals surface area contributed by atoms with Crippen LogP contribution in [0, 0.1) is 23.5 Å². The van der Waals surface area contributed by atoms with Gasteiger partial charge in [0.25, 0.3) is 0 Å². The van der Waals surface area contributed by atoms with Crippen molar-refractivity contribution < 1.29 is 18.7 Å². The molecule has 15 heavy (non-hydrogen) atoms. The highest BCUT2D eigenvalue weighted by Crippen LogP contribution is 2.18. The Labute approximate surface area is 84.5 Å². The van der Waals surface area contributed by atoms with Gasteiger partial charge in [0.05, 0.1) is 12.0 Å². The van der Waals surface area contributed by atoms with Crippen LogP contribution in [-0.2, 0) is 4.79 Å². The van der Waals surface area contributed by atoms with Crippen LogP contribution in [0.25, 0.3) is 0 Å². The van der Waals surface area contributed by atoms with Crippen molar-refractivity contribution in [3.05, 3.63) is 29.3 Å². The maximum Gasteiger partial charge on any atom is 0.229 e. The molecule has 3 nitrogen and oxygen atoms in total. The van der Waals surface area contributed by atoms with Crippen molar-refractivity contribution in [2.75, 3.05) is 0 Å². The maximum atomic E-state index is 13.0. The molecule has 0 saturated heterocycles. The minimum atomic E-state index is -0.982. The number of hydrogen-bond acceptors (Lipinski definition) is 2. The summed E-state index contributed by atoms with van der Waals surface area (Å²) >= 11 is 0. The predicted octanol–water partition coefficient (Wildman–Crippen LogP) is 0.897. The van der Waals surface area contributed by atoms with Gasteiger partial charge in [-0.2, -0.15) is 0 Å². The number of carbonyl (C=O) groups is 1. The minimum Gasteiger partial charge on any atom is -0.508 e. The van der Waals surface area contributed by atoms with Gasteiger partial charge in [0.1, 0.15) is 17.4 Å². The van der Waals surface area contributed by atoms with Gasteiger partial charge in [0.2, 0.25) is 5.91 Å². The van der Waals surface area contributed by atoms with Gasteiger partial charge in [-0.15, -0.1) is 0 Å². The molecule has 0 aliphatic heterocycles. The van der Waals surface area contributed by atoms with E-state index in [0.29, 0.717) is 0 Å². The average Bonchev–Trinajstić information content (AvgIpc) is 2.08. The van der Waals surface area contributed by atoms with Crippen molar-refractivity contribution in [2.45, 2.75) is 6.42 Å². The van der Waals surface area contributed by atoms with E-state index in [1.165, 1.54) is 0 Å². The second-order valence-corrected chi connectivity index (χ2v) is 2.73. The average molecular weight is 211 g/mol. The molecule has 0 unspecified atom stereocenters. The van der Waals surface area contributed by atoms with E-state index in [2.05, 4.69) is 11.8 Å². The molecular formula is C10H7F2NO2. The third-order valence-corrected chi connectivity index (χ3v) is 1.50. The molecule has 0 aliphatic carbocycles. The second kappa shape index (κ2) is 4.42. The third-order valence-electron chi connectivity index (χ3n) is 1.50. The summed E-state index contributed by atoms with van der Waals surface area (Å²) in [7, 11) is 0. The molecule has 1 aromatic rings. The highest BCUT2D eigenvalue weighted by molar-refractivity contribution is 5.76. The standard InChI is InChI=1S/C10H7F2NO2/c11-8-4-6(14)5-9(12)7(8)2-1-3-10(13)15/h4-5,14H,3H2,(H2,13,15). The van der Waals surface area contributed by atoms with E-state index in [9.17, 15) is 13.6 Å². The molecular weight excluding hydrogens is 204 g/mol. The first-order chi connectivity index (χ1) is 7.00. The van der Waals surface area contributed by atoms with Crippen molar-refractivity contribution in [1.29, 1.82) is 0 Å². The minimum absolute atomic E-state index is 0.278. The lowest BCUT2D eigenvalue weighted by Crippen LogP contribution is -2.08. The Bertz CT molecular complexity index is 437. The normalized spacial score (nSPS) is 9.20. The molecule has 0 bridgehead atoms. The molecule has 0 aliphatic rings. The summed E-state index contributed by atoms with van der Waals surface area (Å²) in [5.74, 6) is 1.18. The summed E-state index contributed by atoms with van der Waals surface area (Å²) in [6.07, 6.45) is -0.278. The van der Waals surface area contributed by atoms with Crippen LogP contribution in [0.5, 0.6) is 5.75 Å². The largest absolute Gasteiger partial charge is 0.508 e. The number of phenolic OH excluding ortho intramolecular Hbond substituents is 1. The first-order valence-corrected chi connectivity index (χ1v) is 3.96. The first kappa shape index (κ1) is 11.0. The van der Waals surface area contributed by atoms with Crippen LogP contribution in [0.3, 0.4) is 0 Å². The molecule has 0 aromatic heterocycles. The maximum absolute atomic E-state index is 13.0. The Kier molecular flexibility index (Phi) is 3.24. The van der Waals surface area contributed by atoms with Gasteiger partial charge >= 0.3 is 0 Å². The Morgan fingerprint density at radius 3 is 2.40 bits per heavy atom. The zero-order valence-electron chi connectivity index (χ0n) is 7.55. The highest BCUT2D eigenvalue weighted by atomic mass is 19.1. The molecule has 0 radical (unpaired) electrons. The van der Waals surface area contributed by atoms with Crippen LogP contribution in [0.15, 0.2) is 12.1 Å². The molecule has 0 atom stereocenters. The number of primary amides is 1. The van der Waals surface area contributed by atoms with Gasteiger partial charge in [-0.25, -0.2) is 8.78 Å². The molecule has 5 heteroatoms. The summed E-state index contributed by atoms with van der Waals surface area (Å²) in [4.78, 5) is 10.3. The summed E-state index contributed by atoms with van der Waals surface area (Å²) in [6, 6.07) is 1.47. The van der Waals surface area contributed by atoms with Crippen LogP contribution in [0.4, 0.5) is 8.78 Å². The third kappa shape index (κ3) is 2.95. The highest BCUT2D eigenvalue weighted by Gasteiger charge is 2.08. The van der Waals surface area contributed by atoms with Crippen molar-refractivity contribution in [2.24, 2.45) is 5.73 Å².